The first kappa shape index (κ1) is 12.8. The second kappa shape index (κ2) is 6.30. The third-order valence-electron chi connectivity index (χ3n) is 2.14. The molecule has 0 aliphatic heterocycles. The Balaban J connectivity index is 4.72. The third-order valence-corrected chi connectivity index (χ3v) is 2.14. The van der Waals surface area contributed by atoms with Crippen LogP contribution in [0.25, 0.3) is 0 Å². The Kier molecular flexibility index (Phi) is 5.77. The second-order valence-corrected chi connectivity index (χ2v) is 3.42. The van der Waals surface area contributed by atoms with Crippen LogP contribution in [0.1, 0.15) is 27.2 Å². The van der Waals surface area contributed by atoms with Crippen molar-refractivity contribution >= 4 is 12.0 Å². The van der Waals surface area contributed by atoms with Crippen molar-refractivity contribution in [2.45, 2.75) is 27.2 Å². The lowest BCUT2D eigenvalue weighted by Gasteiger charge is -2.17. The highest BCUT2D eigenvalue weighted by molar-refractivity contribution is 5.87. The summed E-state index contributed by atoms with van der Waals surface area (Å²) >= 11 is 0. The van der Waals surface area contributed by atoms with E-state index in [1.807, 2.05) is 32.1 Å². The number of rotatable bonds is 5. The van der Waals surface area contributed by atoms with Crippen molar-refractivity contribution in [1.82, 2.24) is 0 Å². The molecule has 0 aromatic carbocycles. The molecule has 0 aromatic rings. The average molecular weight is 193 g/mol. The minimum atomic E-state index is -0.489. The summed E-state index contributed by atoms with van der Waals surface area (Å²) in [5.41, 5.74) is -0.489. The van der Waals surface area contributed by atoms with Crippen LogP contribution in [0.15, 0.2) is 29.3 Å². The maximum atomic E-state index is 11.4. The van der Waals surface area contributed by atoms with Gasteiger partial charge in [0.25, 0.3) is 0 Å². The van der Waals surface area contributed by atoms with Crippen LogP contribution in [0.4, 0.5) is 0 Å². The first-order valence-corrected chi connectivity index (χ1v) is 4.85. The number of carbonyl (C=O) groups is 1. The van der Waals surface area contributed by atoms with E-state index in [4.69, 9.17) is 0 Å². The topological polar surface area (TPSA) is 29.4 Å². The van der Waals surface area contributed by atoms with Crippen molar-refractivity contribution in [2.75, 3.05) is 7.05 Å². The zero-order valence-electron chi connectivity index (χ0n) is 9.45. The minimum Gasteiger partial charge on any atom is -0.299 e. The molecule has 2 nitrogen and oxygen atoms in total. The summed E-state index contributed by atoms with van der Waals surface area (Å²) in [6.45, 7) is 5.56. The number of allylic oxidation sites excluding steroid dienone is 4. The predicted octanol–water partition coefficient (Wildman–Crippen LogP) is 2.80. The summed E-state index contributed by atoms with van der Waals surface area (Å²) in [6.07, 6.45) is 10.2. The molecule has 0 spiro atoms. The van der Waals surface area contributed by atoms with Gasteiger partial charge in [0.05, 0.1) is 5.41 Å². The standard InChI is InChI=1S/C12H19NO/c1-5-6-8-12(3,11(2)14)9-7-10-13-4/h6-10H,5H2,1-4H3/b8-6-,9-7-,13-10?. The Morgan fingerprint density at radius 2 is 2.07 bits per heavy atom. The second-order valence-electron chi connectivity index (χ2n) is 3.42. The van der Waals surface area contributed by atoms with Crippen molar-refractivity contribution < 1.29 is 4.79 Å². The Morgan fingerprint density at radius 1 is 1.43 bits per heavy atom. The van der Waals surface area contributed by atoms with Gasteiger partial charge in [-0.25, -0.2) is 0 Å². The summed E-state index contributed by atoms with van der Waals surface area (Å²) < 4.78 is 0. The van der Waals surface area contributed by atoms with Crippen molar-refractivity contribution in [1.29, 1.82) is 0 Å². The van der Waals surface area contributed by atoms with Crippen LogP contribution in [0.3, 0.4) is 0 Å². The summed E-state index contributed by atoms with van der Waals surface area (Å²) in [4.78, 5) is 15.2. The first-order chi connectivity index (χ1) is 6.56. The van der Waals surface area contributed by atoms with E-state index in [0.717, 1.165) is 6.42 Å². The van der Waals surface area contributed by atoms with Gasteiger partial charge in [0.2, 0.25) is 0 Å². The Labute approximate surface area is 86.4 Å². The molecule has 0 aromatic heterocycles. The van der Waals surface area contributed by atoms with E-state index in [-0.39, 0.29) is 5.78 Å². The highest BCUT2D eigenvalue weighted by atomic mass is 16.1. The van der Waals surface area contributed by atoms with Gasteiger partial charge in [-0.1, -0.05) is 25.2 Å². The number of hydrogen-bond donors (Lipinski definition) is 0. The minimum absolute atomic E-state index is 0.142. The molecule has 1 atom stereocenters. The molecule has 0 amide bonds. The van der Waals surface area contributed by atoms with Crippen LogP contribution in [0, 0.1) is 5.41 Å². The van der Waals surface area contributed by atoms with E-state index in [1.54, 1.807) is 26.3 Å². The van der Waals surface area contributed by atoms with Crippen molar-refractivity contribution in [2.24, 2.45) is 10.4 Å². The summed E-state index contributed by atoms with van der Waals surface area (Å²) in [5, 5.41) is 0. The van der Waals surface area contributed by atoms with E-state index < -0.39 is 5.41 Å². The molecule has 0 radical (unpaired) electrons. The zero-order valence-corrected chi connectivity index (χ0v) is 9.45. The van der Waals surface area contributed by atoms with Crippen LogP contribution >= 0.6 is 0 Å². The van der Waals surface area contributed by atoms with Crippen molar-refractivity contribution in [3.8, 4) is 0 Å². The lowest BCUT2D eigenvalue weighted by Crippen LogP contribution is -2.19. The van der Waals surface area contributed by atoms with E-state index in [1.165, 1.54) is 0 Å². The monoisotopic (exact) mass is 193 g/mol. The number of Topliss-reactive ketones (excluding diaryl/α,β-unsaturated/α-hetero) is 1. The van der Waals surface area contributed by atoms with Gasteiger partial charge in [-0.15, -0.1) is 0 Å². The third kappa shape index (κ3) is 4.17. The maximum Gasteiger partial charge on any atom is 0.143 e. The predicted molar refractivity (Wildman–Crippen MR) is 61.8 cm³/mol. The molecule has 0 saturated heterocycles. The molecule has 0 heterocycles. The fourth-order valence-corrected chi connectivity index (χ4v) is 0.982. The molecule has 0 fully saturated rings. The normalized spacial score (nSPS) is 16.9. The molecule has 2 heteroatoms. The fraction of sp³-hybridized carbons (Fsp3) is 0.500. The molecule has 0 bridgehead atoms. The van der Waals surface area contributed by atoms with Crippen molar-refractivity contribution in [3.63, 3.8) is 0 Å². The van der Waals surface area contributed by atoms with Crippen LogP contribution in [0.2, 0.25) is 0 Å². The van der Waals surface area contributed by atoms with Gasteiger partial charge in [-0.3, -0.25) is 9.79 Å². The molecule has 78 valence electrons. The number of aliphatic imine (C=N–C) groups is 1. The average Bonchev–Trinajstić information content (AvgIpc) is 2.15. The summed E-state index contributed by atoms with van der Waals surface area (Å²) in [5.74, 6) is 0.142. The van der Waals surface area contributed by atoms with Crippen LogP contribution in [-0.4, -0.2) is 19.0 Å². The van der Waals surface area contributed by atoms with Crippen LogP contribution in [0.5, 0.6) is 0 Å². The molecule has 0 aliphatic rings. The van der Waals surface area contributed by atoms with E-state index >= 15 is 0 Å². The highest BCUT2D eigenvalue weighted by Gasteiger charge is 2.22. The summed E-state index contributed by atoms with van der Waals surface area (Å²) in [6, 6.07) is 0. The quantitative estimate of drug-likeness (QED) is 0.487. The molecule has 0 N–H and O–H groups in total. The van der Waals surface area contributed by atoms with Gasteiger partial charge in [-0.05, 0) is 26.3 Å². The van der Waals surface area contributed by atoms with Gasteiger partial charge in [0, 0.05) is 13.3 Å². The number of hydrogen-bond acceptors (Lipinski definition) is 2. The van der Waals surface area contributed by atoms with E-state index in [9.17, 15) is 4.79 Å². The zero-order chi connectivity index (χ0) is 11.0. The Hall–Kier alpha value is -1.18. The van der Waals surface area contributed by atoms with E-state index in [2.05, 4.69) is 4.99 Å². The van der Waals surface area contributed by atoms with E-state index in [0.29, 0.717) is 0 Å². The SMILES string of the molecule is CC/C=C\C(C)(/C=C\C=NC)C(C)=O. The highest BCUT2D eigenvalue weighted by Crippen LogP contribution is 2.21. The maximum absolute atomic E-state index is 11.4. The smallest absolute Gasteiger partial charge is 0.143 e. The molecule has 0 aliphatic carbocycles. The lowest BCUT2D eigenvalue weighted by molar-refractivity contribution is -0.121. The molecular formula is C12H19NO. The van der Waals surface area contributed by atoms with Gasteiger partial charge >= 0.3 is 0 Å². The number of carbonyl (C=O) groups excluding carboxylic acids is 1. The largest absolute Gasteiger partial charge is 0.299 e. The number of nitrogens with zero attached hydrogens (tertiary/aromatic N) is 1. The molecule has 14 heavy (non-hydrogen) atoms. The van der Waals surface area contributed by atoms with Gasteiger partial charge in [-0.2, -0.15) is 0 Å². The number of ketones is 1. The van der Waals surface area contributed by atoms with Crippen LogP contribution in [-0.2, 0) is 4.79 Å². The molecule has 1 unspecified atom stereocenters. The lowest BCUT2D eigenvalue weighted by atomic mass is 9.85. The Morgan fingerprint density at radius 3 is 2.50 bits per heavy atom. The summed E-state index contributed by atoms with van der Waals surface area (Å²) in [7, 11) is 1.71. The van der Waals surface area contributed by atoms with Gasteiger partial charge in [0.1, 0.15) is 5.78 Å². The van der Waals surface area contributed by atoms with Crippen molar-refractivity contribution in [3.05, 3.63) is 24.3 Å². The molecular weight excluding hydrogens is 174 g/mol. The van der Waals surface area contributed by atoms with Crippen LogP contribution < -0.4 is 0 Å². The molecule has 0 saturated carbocycles. The molecule has 0 rings (SSSR count). The first-order valence-electron chi connectivity index (χ1n) is 4.85. The van der Waals surface area contributed by atoms with Gasteiger partial charge in [0.15, 0.2) is 0 Å². The fourth-order valence-electron chi connectivity index (χ4n) is 0.982. The van der Waals surface area contributed by atoms with Gasteiger partial charge < -0.3 is 0 Å². The Bertz CT molecular complexity index is 263.